The summed E-state index contributed by atoms with van der Waals surface area (Å²) in [5.41, 5.74) is 1.95. The van der Waals surface area contributed by atoms with Crippen LogP contribution in [0.1, 0.15) is 31.0 Å². The zero-order chi connectivity index (χ0) is 24.5. The first-order valence-electron chi connectivity index (χ1n) is 11.5. The van der Waals surface area contributed by atoms with E-state index < -0.39 is 11.8 Å². The van der Waals surface area contributed by atoms with Crippen molar-refractivity contribution in [3.8, 4) is 0 Å². The van der Waals surface area contributed by atoms with E-state index in [2.05, 4.69) is 20.5 Å². The largest absolute Gasteiger partial charge is 0.396 e. The molecule has 1 aliphatic rings. The zero-order valence-electron chi connectivity index (χ0n) is 19.7. The van der Waals surface area contributed by atoms with E-state index in [1.54, 1.807) is 35.5 Å². The van der Waals surface area contributed by atoms with Gasteiger partial charge in [0.1, 0.15) is 0 Å². The number of rotatable bonds is 10. The van der Waals surface area contributed by atoms with Gasteiger partial charge in [0.15, 0.2) is 5.82 Å². The van der Waals surface area contributed by atoms with Crippen LogP contribution in [0.3, 0.4) is 0 Å². The first-order valence-corrected chi connectivity index (χ1v) is 11.5. The number of amides is 3. The number of anilines is 2. The molecule has 0 spiro atoms. The molecule has 1 fully saturated rings. The van der Waals surface area contributed by atoms with Gasteiger partial charge < -0.3 is 15.7 Å². The average molecular weight is 473 g/mol. The maximum Gasteiger partial charge on any atom is 0.323 e. The quantitative estimate of drug-likeness (QED) is 0.363. The van der Waals surface area contributed by atoms with Gasteiger partial charge in [-0.1, -0.05) is 12.1 Å². The highest BCUT2D eigenvalue weighted by atomic mass is 19.1. The van der Waals surface area contributed by atoms with Crippen LogP contribution in [0.4, 0.5) is 20.6 Å². The minimum atomic E-state index is -0.543. The molecular formula is C24H33FN6O3. The fourth-order valence-electron chi connectivity index (χ4n) is 4.04. The summed E-state index contributed by atoms with van der Waals surface area (Å²) in [7, 11) is 0. The summed E-state index contributed by atoms with van der Waals surface area (Å²) >= 11 is 0. The second-order valence-electron chi connectivity index (χ2n) is 8.49. The topological polar surface area (TPSA) is 101 Å². The highest BCUT2D eigenvalue weighted by molar-refractivity contribution is 5.99. The summed E-state index contributed by atoms with van der Waals surface area (Å²) in [6.45, 7) is 6.95. The predicted octanol–water partition coefficient (Wildman–Crippen LogP) is 2.83. The number of unbranched alkanes of at least 4 members (excludes halogenated alkanes) is 1. The van der Waals surface area contributed by atoms with Crippen molar-refractivity contribution < 1.29 is 19.1 Å². The summed E-state index contributed by atoms with van der Waals surface area (Å²) in [6, 6.07) is 8.00. The number of aryl methyl sites for hydroxylation is 1. The molecule has 1 aliphatic heterocycles. The minimum absolute atomic E-state index is 0.0753. The maximum atomic E-state index is 15.1. The SMILES string of the molecule is Cc1ccc(NC(=O)Nc2cccc(CN3CCN(N(C=O)CCCCO)[C@H](C)C3)c2F)cn1. The molecule has 1 saturated heterocycles. The van der Waals surface area contributed by atoms with Crippen molar-refractivity contribution in [1.29, 1.82) is 0 Å². The molecule has 1 aromatic carbocycles. The third-order valence-electron chi connectivity index (χ3n) is 5.81. The molecule has 0 radical (unpaired) electrons. The smallest absolute Gasteiger partial charge is 0.323 e. The number of halogens is 1. The molecule has 0 bridgehead atoms. The Balaban J connectivity index is 1.57. The standard InChI is InChI=1S/C24H33FN6O3/c1-18-8-9-21(14-26-18)27-24(34)28-22-7-5-6-20(23(22)25)16-29-11-12-31(19(2)15-29)30(17-33)10-3-4-13-32/h5-9,14,17,19,32H,3-4,10-13,15-16H2,1-2H3,(H2,27,28,34)/t19-/m1/s1. The van der Waals surface area contributed by atoms with Gasteiger partial charge in [0.2, 0.25) is 6.41 Å². The van der Waals surface area contributed by atoms with Crippen LogP contribution >= 0.6 is 0 Å². The molecule has 34 heavy (non-hydrogen) atoms. The Kier molecular flexibility index (Phi) is 9.32. The predicted molar refractivity (Wildman–Crippen MR) is 129 cm³/mol. The Labute approximate surface area is 199 Å². The van der Waals surface area contributed by atoms with E-state index in [-0.39, 0.29) is 18.3 Å². The van der Waals surface area contributed by atoms with Crippen molar-refractivity contribution in [3.05, 3.63) is 53.6 Å². The van der Waals surface area contributed by atoms with Crippen LogP contribution in [0.2, 0.25) is 0 Å². The van der Waals surface area contributed by atoms with Gasteiger partial charge in [0.05, 0.1) is 17.6 Å². The summed E-state index contributed by atoms with van der Waals surface area (Å²) < 4.78 is 15.1. The van der Waals surface area contributed by atoms with Gasteiger partial charge in [-0.3, -0.25) is 19.7 Å². The number of benzene rings is 1. The molecule has 0 unspecified atom stereocenters. The lowest BCUT2D eigenvalue weighted by Crippen LogP contribution is -2.58. The average Bonchev–Trinajstić information content (AvgIpc) is 2.81. The van der Waals surface area contributed by atoms with Crippen LogP contribution in [-0.4, -0.2) is 76.3 Å². The zero-order valence-corrected chi connectivity index (χ0v) is 19.7. The van der Waals surface area contributed by atoms with Gasteiger partial charge in [-0.05, 0) is 44.9 Å². The molecule has 0 aliphatic carbocycles. The van der Waals surface area contributed by atoms with Crippen molar-refractivity contribution in [2.45, 2.75) is 39.3 Å². The number of aliphatic hydroxyl groups is 1. The Morgan fingerprint density at radius 2 is 2.09 bits per heavy atom. The fraction of sp³-hybridized carbons (Fsp3) is 0.458. The number of hydrogen-bond donors (Lipinski definition) is 3. The number of urea groups is 1. The van der Waals surface area contributed by atoms with Gasteiger partial charge in [0.25, 0.3) is 0 Å². The van der Waals surface area contributed by atoms with E-state index in [1.165, 1.54) is 6.07 Å². The van der Waals surface area contributed by atoms with Crippen LogP contribution in [0, 0.1) is 12.7 Å². The number of carbonyl (C=O) groups excluding carboxylic acids is 2. The summed E-state index contributed by atoms with van der Waals surface area (Å²) in [6.07, 6.45) is 3.76. The third-order valence-corrected chi connectivity index (χ3v) is 5.81. The number of piperazine rings is 1. The van der Waals surface area contributed by atoms with Gasteiger partial charge >= 0.3 is 6.03 Å². The molecule has 2 aromatic rings. The number of carbonyl (C=O) groups is 2. The Morgan fingerprint density at radius 3 is 2.76 bits per heavy atom. The van der Waals surface area contributed by atoms with E-state index in [0.29, 0.717) is 50.4 Å². The van der Waals surface area contributed by atoms with E-state index in [1.807, 2.05) is 18.9 Å². The van der Waals surface area contributed by atoms with E-state index in [0.717, 1.165) is 18.5 Å². The molecular weight excluding hydrogens is 439 g/mol. The molecule has 3 rings (SSSR count). The number of nitrogens with one attached hydrogen (secondary N) is 2. The molecule has 3 amide bonds. The van der Waals surface area contributed by atoms with Crippen molar-refractivity contribution >= 4 is 23.8 Å². The van der Waals surface area contributed by atoms with Crippen molar-refractivity contribution in [3.63, 3.8) is 0 Å². The van der Waals surface area contributed by atoms with Crippen LogP contribution < -0.4 is 10.6 Å². The number of aliphatic hydroxyl groups excluding tert-OH is 1. The van der Waals surface area contributed by atoms with Gasteiger partial charge in [0, 0.05) is 56.6 Å². The highest BCUT2D eigenvalue weighted by Gasteiger charge is 2.28. The lowest BCUT2D eigenvalue weighted by molar-refractivity contribution is -0.145. The molecule has 0 saturated carbocycles. The van der Waals surface area contributed by atoms with Crippen LogP contribution in [0.25, 0.3) is 0 Å². The van der Waals surface area contributed by atoms with Gasteiger partial charge in [-0.2, -0.15) is 0 Å². The second kappa shape index (κ2) is 12.4. The lowest BCUT2D eigenvalue weighted by Gasteiger charge is -2.44. The summed E-state index contributed by atoms with van der Waals surface area (Å²) in [4.78, 5) is 30.1. The second-order valence-corrected chi connectivity index (χ2v) is 8.49. The fourth-order valence-corrected chi connectivity index (χ4v) is 4.04. The number of nitrogens with zero attached hydrogens (tertiary/aromatic N) is 4. The molecule has 1 atom stereocenters. The first kappa shape index (κ1) is 25.5. The Bertz CT molecular complexity index is 958. The first-order chi connectivity index (χ1) is 16.4. The van der Waals surface area contributed by atoms with E-state index in [9.17, 15) is 9.59 Å². The molecule has 10 heteroatoms. The molecule has 2 heterocycles. The van der Waals surface area contributed by atoms with Gasteiger partial charge in [-0.15, -0.1) is 0 Å². The molecule has 9 nitrogen and oxygen atoms in total. The molecule has 184 valence electrons. The lowest BCUT2D eigenvalue weighted by atomic mass is 10.1. The monoisotopic (exact) mass is 472 g/mol. The van der Waals surface area contributed by atoms with Crippen LogP contribution in [-0.2, 0) is 11.3 Å². The normalized spacial score (nSPS) is 16.8. The number of aromatic nitrogens is 1. The number of hydrogen-bond acceptors (Lipinski definition) is 6. The highest BCUT2D eigenvalue weighted by Crippen LogP contribution is 2.22. The number of hydrazine groups is 1. The van der Waals surface area contributed by atoms with E-state index >= 15 is 4.39 Å². The minimum Gasteiger partial charge on any atom is -0.396 e. The summed E-state index contributed by atoms with van der Waals surface area (Å²) in [5.74, 6) is -0.465. The third kappa shape index (κ3) is 6.96. The van der Waals surface area contributed by atoms with Crippen molar-refractivity contribution in [2.24, 2.45) is 0 Å². The van der Waals surface area contributed by atoms with Crippen molar-refractivity contribution in [1.82, 2.24) is 19.9 Å². The summed E-state index contributed by atoms with van der Waals surface area (Å²) in [5, 5.41) is 17.9. The number of pyridine rings is 1. The van der Waals surface area contributed by atoms with E-state index in [4.69, 9.17) is 5.11 Å². The van der Waals surface area contributed by atoms with Gasteiger partial charge in [-0.25, -0.2) is 14.2 Å². The van der Waals surface area contributed by atoms with Crippen LogP contribution in [0.15, 0.2) is 36.5 Å². The molecule has 1 aromatic heterocycles. The Morgan fingerprint density at radius 1 is 1.26 bits per heavy atom. The maximum absolute atomic E-state index is 15.1. The van der Waals surface area contributed by atoms with Crippen LogP contribution in [0.5, 0.6) is 0 Å². The van der Waals surface area contributed by atoms with Crippen molar-refractivity contribution in [2.75, 3.05) is 43.4 Å². The molecule has 3 N–H and O–H groups in total. The Hall–Kier alpha value is -3.08.